The average molecular weight is 363 g/mol. The van der Waals surface area contributed by atoms with Crippen LogP contribution in [0.4, 0.5) is 5.69 Å². The lowest BCUT2D eigenvalue weighted by Crippen LogP contribution is -2.33. The molecule has 7 nitrogen and oxygen atoms in total. The first-order chi connectivity index (χ1) is 13.1. The number of anilines is 1. The van der Waals surface area contributed by atoms with Gasteiger partial charge in [-0.1, -0.05) is 17.3 Å². The van der Waals surface area contributed by atoms with Crippen LogP contribution in [0.1, 0.15) is 36.9 Å². The monoisotopic (exact) mass is 363 g/mol. The molecule has 0 aliphatic carbocycles. The Morgan fingerprint density at radius 1 is 1.30 bits per heavy atom. The molecule has 4 rings (SSSR count). The zero-order valence-corrected chi connectivity index (χ0v) is 15.3. The van der Waals surface area contributed by atoms with Gasteiger partial charge in [0.2, 0.25) is 17.6 Å². The molecular formula is C20H21N5O2. The number of aromatic nitrogens is 3. The van der Waals surface area contributed by atoms with Crippen molar-refractivity contribution in [3.63, 3.8) is 0 Å². The molecule has 1 amide bonds. The Bertz CT molecular complexity index is 954. The van der Waals surface area contributed by atoms with Gasteiger partial charge in [-0.3, -0.25) is 14.7 Å². The fourth-order valence-corrected chi connectivity index (χ4v) is 3.44. The second-order valence-electron chi connectivity index (χ2n) is 6.72. The van der Waals surface area contributed by atoms with Crippen LogP contribution in [0.2, 0.25) is 0 Å². The van der Waals surface area contributed by atoms with Crippen molar-refractivity contribution in [1.82, 2.24) is 20.0 Å². The van der Waals surface area contributed by atoms with Gasteiger partial charge in [0.15, 0.2) is 0 Å². The van der Waals surface area contributed by atoms with Crippen molar-refractivity contribution in [2.45, 2.75) is 32.9 Å². The molecule has 138 valence electrons. The number of rotatable bonds is 4. The van der Waals surface area contributed by atoms with Crippen LogP contribution >= 0.6 is 0 Å². The maximum Gasteiger partial charge on any atom is 0.244 e. The number of carbonyl (C=O) groups excluding carboxylic acids is 1. The predicted octanol–water partition coefficient (Wildman–Crippen LogP) is 3.21. The van der Waals surface area contributed by atoms with E-state index in [0.29, 0.717) is 11.7 Å². The molecule has 2 aromatic heterocycles. The van der Waals surface area contributed by atoms with Gasteiger partial charge in [-0.25, -0.2) is 0 Å². The maximum absolute atomic E-state index is 11.4. The highest BCUT2D eigenvalue weighted by Gasteiger charge is 2.27. The van der Waals surface area contributed by atoms with Crippen molar-refractivity contribution in [3.8, 4) is 11.4 Å². The van der Waals surface area contributed by atoms with Gasteiger partial charge in [0, 0.05) is 43.7 Å². The lowest BCUT2D eigenvalue weighted by Gasteiger charge is -2.32. The summed E-state index contributed by atoms with van der Waals surface area (Å²) < 4.78 is 5.51. The van der Waals surface area contributed by atoms with Crippen LogP contribution in [-0.2, 0) is 17.8 Å². The molecule has 3 heterocycles. The van der Waals surface area contributed by atoms with Crippen LogP contribution in [0.3, 0.4) is 0 Å². The molecule has 0 spiro atoms. The van der Waals surface area contributed by atoms with E-state index in [9.17, 15) is 4.79 Å². The zero-order chi connectivity index (χ0) is 18.8. The van der Waals surface area contributed by atoms with E-state index < -0.39 is 0 Å². The fourth-order valence-electron chi connectivity index (χ4n) is 3.44. The normalized spacial score (nSPS) is 15.2. The van der Waals surface area contributed by atoms with Crippen LogP contribution in [-0.4, -0.2) is 32.5 Å². The minimum Gasteiger partial charge on any atom is -0.337 e. The van der Waals surface area contributed by atoms with Crippen LogP contribution < -0.4 is 5.32 Å². The molecule has 1 aliphatic rings. The number of carbonyl (C=O) groups is 1. The molecule has 0 radical (unpaired) electrons. The molecular weight excluding hydrogens is 342 g/mol. The third-order valence-electron chi connectivity index (χ3n) is 4.87. The van der Waals surface area contributed by atoms with Gasteiger partial charge in [0.1, 0.15) is 0 Å². The summed E-state index contributed by atoms with van der Waals surface area (Å²) in [6.45, 7) is 5.24. The van der Waals surface area contributed by atoms with E-state index in [0.717, 1.165) is 30.8 Å². The van der Waals surface area contributed by atoms with Crippen molar-refractivity contribution in [3.05, 3.63) is 59.7 Å². The largest absolute Gasteiger partial charge is 0.337 e. The summed E-state index contributed by atoms with van der Waals surface area (Å²) in [5.41, 5.74) is 4.16. The lowest BCUT2D eigenvalue weighted by atomic mass is 9.96. The Balaban J connectivity index is 1.52. The van der Waals surface area contributed by atoms with E-state index in [4.69, 9.17) is 4.52 Å². The molecule has 0 fully saturated rings. The average Bonchev–Trinajstić information content (AvgIpc) is 3.18. The van der Waals surface area contributed by atoms with Crippen molar-refractivity contribution >= 4 is 11.6 Å². The third kappa shape index (κ3) is 3.59. The lowest BCUT2D eigenvalue weighted by molar-refractivity contribution is -0.114. The topological polar surface area (TPSA) is 84.2 Å². The van der Waals surface area contributed by atoms with Crippen LogP contribution in [0, 0.1) is 0 Å². The Hall–Kier alpha value is -3.06. The summed E-state index contributed by atoms with van der Waals surface area (Å²) in [5, 5.41) is 7.02. The van der Waals surface area contributed by atoms with Gasteiger partial charge in [-0.05, 0) is 42.7 Å². The number of hydrogen-bond donors (Lipinski definition) is 1. The number of hydrogen-bond acceptors (Lipinski definition) is 6. The molecule has 27 heavy (non-hydrogen) atoms. The highest BCUT2D eigenvalue weighted by atomic mass is 16.5. The summed E-state index contributed by atoms with van der Waals surface area (Å²) in [6.07, 6.45) is 4.30. The van der Waals surface area contributed by atoms with E-state index in [1.807, 2.05) is 24.3 Å². The molecule has 1 atom stereocenters. The molecule has 3 aromatic rings. The van der Waals surface area contributed by atoms with Gasteiger partial charge in [-0.15, -0.1) is 0 Å². The van der Waals surface area contributed by atoms with E-state index >= 15 is 0 Å². The molecule has 0 saturated heterocycles. The number of nitrogens with one attached hydrogen (secondary N) is 1. The molecule has 0 saturated carbocycles. The third-order valence-corrected chi connectivity index (χ3v) is 4.87. The Morgan fingerprint density at radius 3 is 2.96 bits per heavy atom. The van der Waals surface area contributed by atoms with Crippen molar-refractivity contribution in [2.24, 2.45) is 0 Å². The number of nitrogens with zero attached hydrogens (tertiary/aromatic N) is 4. The number of amides is 1. The Kier molecular flexibility index (Phi) is 4.68. The summed E-state index contributed by atoms with van der Waals surface area (Å²) >= 11 is 0. The van der Waals surface area contributed by atoms with E-state index in [1.165, 1.54) is 18.1 Å². The smallest absolute Gasteiger partial charge is 0.244 e. The first kappa shape index (κ1) is 17.4. The summed E-state index contributed by atoms with van der Waals surface area (Å²) in [4.78, 5) is 22.4. The molecule has 7 heteroatoms. The molecule has 1 unspecified atom stereocenters. The van der Waals surface area contributed by atoms with Crippen molar-refractivity contribution < 1.29 is 9.32 Å². The zero-order valence-electron chi connectivity index (χ0n) is 15.3. The van der Waals surface area contributed by atoms with Crippen LogP contribution in [0.15, 0.2) is 47.2 Å². The molecule has 1 N–H and O–H groups in total. The highest BCUT2D eigenvalue weighted by Crippen LogP contribution is 2.31. The van der Waals surface area contributed by atoms with Crippen molar-refractivity contribution in [1.29, 1.82) is 0 Å². The molecule has 1 aromatic carbocycles. The predicted molar refractivity (Wildman–Crippen MR) is 101 cm³/mol. The van der Waals surface area contributed by atoms with Gasteiger partial charge in [0.25, 0.3) is 0 Å². The van der Waals surface area contributed by atoms with Gasteiger partial charge in [0.05, 0.1) is 6.04 Å². The second kappa shape index (κ2) is 7.28. The Morgan fingerprint density at radius 2 is 2.19 bits per heavy atom. The van der Waals surface area contributed by atoms with E-state index in [2.05, 4.69) is 38.3 Å². The number of pyridine rings is 1. The standard InChI is InChI=1S/C20H21N5O2/c1-13(20-23-19(24-27-20)15-6-4-9-21-11-15)25-10-8-17-16(12-25)5-3-7-18(17)22-14(2)26/h3-7,9,11,13H,8,10,12H2,1-2H3,(H,22,26). The van der Waals surface area contributed by atoms with Crippen molar-refractivity contribution in [2.75, 3.05) is 11.9 Å². The van der Waals surface area contributed by atoms with Gasteiger partial charge < -0.3 is 9.84 Å². The van der Waals surface area contributed by atoms with Crippen LogP contribution in [0.5, 0.6) is 0 Å². The minimum absolute atomic E-state index is 0.000457. The van der Waals surface area contributed by atoms with Gasteiger partial charge in [-0.2, -0.15) is 4.98 Å². The summed E-state index contributed by atoms with van der Waals surface area (Å²) in [5.74, 6) is 1.10. The SMILES string of the molecule is CC(=O)Nc1cccc2c1CCN(C(C)c1nc(-c3cccnc3)no1)C2. The Labute approximate surface area is 157 Å². The van der Waals surface area contributed by atoms with E-state index in [1.54, 1.807) is 12.4 Å². The molecule has 1 aliphatic heterocycles. The second-order valence-corrected chi connectivity index (χ2v) is 6.72. The number of benzene rings is 1. The maximum atomic E-state index is 11.4. The number of fused-ring (bicyclic) bond motifs is 1. The summed E-state index contributed by atoms with van der Waals surface area (Å²) in [7, 11) is 0. The fraction of sp³-hybridized carbons (Fsp3) is 0.300. The minimum atomic E-state index is -0.0482. The first-order valence-corrected chi connectivity index (χ1v) is 8.98. The summed E-state index contributed by atoms with van der Waals surface area (Å²) in [6, 6.07) is 9.80. The van der Waals surface area contributed by atoms with Gasteiger partial charge >= 0.3 is 0 Å². The van der Waals surface area contributed by atoms with E-state index in [-0.39, 0.29) is 11.9 Å². The molecule has 0 bridgehead atoms. The first-order valence-electron chi connectivity index (χ1n) is 8.98. The highest BCUT2D eigenvalue weighted by molar-refractivity contribution is 5.89. The quantitative estimate of drug-likeness (QED) is 0.766. The van der Waals surface area contributed by atoms with Crippen LogP contribution in [0.25, 0.3) is 11.4 Å².